The molecule has 98 valence electrons. The minimum atomic E-state index is 0.666. The molecule has 3 rings (SSSR count). The van der Waals surface area contributed by atoms with E-state index in [4.69, 9.17) is 0 Å². The third-order valence-corrected chi connectivity index (χ3v) is 5.30. The van der Waals surface area contributed by atoms with E-state index in [1.165, 1.54) is 36.3 Å². The van der Waals surface area contributed by atoms with Gasteiger partial charge >= 0.3 is 0 Å². The predicted octanol–water partition coefficient (Wildman–Crippen LogP) is 3.45. The Morgan fingerprint density at radius 2 is 1.72 bits per heavy atom. The lowest BCUT2D eigenvalue weighted by molar-refractivity contribution is 0.169. The summed E-state index contributed by atoms with van der Waals surface area (Å²) in [5, 5.41) is 3.72. The summed E-state index contributed by atoms with van der Waals surface area (Å²) in [7, 11) is 2.30. The second kappa shape index (κ2) is 5.14. The first-order chi connectivity index (χ1) is 8.76. The van der Waals surface area contributed by atoms with Gasteiger partial charge in [0, 0.05) is 28.7 Å². The number of benzene rings is 1. The maximum atomic E-state index is 3.72. The van der Waals surface area contributed by atoms with E-state index in [0.29, 0.717) is 6.04 Å². The lowest BCUT2D eigenvalue weighted by Gasteiger charge is -2.37. The molecule has 2 saturated heterocycles. The number of piperidine rings is 1. The van der Waals surface area contributed by atoms with Crippen LogP contribution < -0.4 is 5.32 Å². The largest absolute Gasteiger partial charge is 0.382 e. The van der Waals surface area contributed by atoms with E-state index < -0.39 is 0 Å². The van der Waals surface area contributed by atoms with Gasteiger partial charge in [-0.25, -0.2) is 0 Å². The Morgan fingerprint density at radius 1 is 1.11 bits per heavy atom. The van der Waals surface area contributed by atoms with Gasteiger partial charge in [0.1, 0.15) is 0 Å². The summed E-state index contributed by atoms with van der Waals surface area (Å²) >= 11 is 1.80. The summed E-state index contributed by atoms with van der Waals surface area (Å²) in [5.41, 5.74) is 1.28. The molecule has 0 radical (unpaired) electrons. The lowest BCUT2D eigenvalue weighted by Crippen LogP contribution is -2.44. The average Bonchev–Trinajstić information content (AvgIpc) is 2.63. The van der Waals surface area contributed by atoms with Crippen molar-refractivity contribution in [1.29, 1.82) is 0 Å². The van der Waals surface area contributed by atoms with Gasteiger partial charge in [-0.2, -0.15) is 0 Å². The summed E-state index contributed by atoms with van der Waals surface area (Å²) < 4.78 is 0. The molecule has 0 amide bonds. The molecule has 0 saturated carbocycles. The number of fused-ring (bicyclic) bond motifs is 2. The number of hydrogen-bond donors (Lipinski definition) is 1. The van der Waals surface area contributed by atoms with E-state index in [1.807, 2.05) is 0 Å². The minimum Gasteiger partial charge on any atom is -0.382 e. The van der Waals surface area contributed by atoms with E-state index in [2.05, 4.69) is 47.8 Å². The van der Waals surface area contributed by atoms with Gasteiger partial charge in [-0.15, -0.1) is 11.8 Å². The summed E-state index contributed by atoms with van der Waals surface area (Å²) in [4.78, 5) is 3.93. The zero-order valence-electron chi connectivity index (χ0n) is 11.2. The standard InChI is InChI=1S/C15H22N2S/c1-17-13-5-6-14(17)10-12(9-13)16-11-3-7-15(18-2)8-4-11/h3-4,7-8,12-14,16H,5-6,9-10H2,1-2H3. The van der Waals surface area contributed by atoms with E-state index in [0.717, 1.165) is 12.1 Å². The highest BCUT2D eigenvalue weighted by atomic mass is 32.2. The van der Waals surface area contributed by atoms with E-state index >= 15 is 0 Å². The van der Waals surface area contributed by atoms with Gasteiger partial charge in [0.2, 0.25) is 0 Å². The molecule has 0 aromatic heterocycles. The fraction of sp³-hybridized carbons (Fsp3) is 0.600. The Kier molecular flexibility index (Phi) is 3.53. The molecular formula is C15H22N2S. The molecule has 0 aliphatic carbocycles. The Balaban J connectivity index is 1.63. The highest BCUT2D eigenvalue weighted by Crippen LogP contribution is 2.35. The number of nitrogens with one attached hydrogen (secondary N) is 1. The fourth-order valence-electron chi connectivity index (χ4n) is 3.45. The smallest absolute Gasteiger partial charge is 0.0343 e. The summed E-state index contributed by atoms with van der Waals surface area (Å²) in [5.74, 6) is 0. The quantitative estimate of drug-likeness (QED) is 0.840. The van der Waals surface area contributed by atoms with Gasteiger partial charge in [-0.05, 0) is 63.3 Å². The molecule has 1 N–H and O–H groups in total. The molecular weight excluding hydrogens is 240 g/mol. The highest BCUT2D eigenvalue weighted by molar-refractivity contribution is 7.98. The van der Waals surface area contributed by atoms with Crippen molar-refractivity contribution in [2.24, 2.45) is 0 Å². The summed E-state index contributed by atoms with van der Waals surface area (Å²) in [6.07, 6.45) is 7.52. The second-order valence-electron chi connectivity index (χ2n) is 5.59. The molecule has 3 heteroatoms. The first-order valence-electron chi connectivity index (χ1n) is 6.89. The van der Waals surface area contributed by atoms with Gasteiger partial charge < -0.3 is 10.2 Å². The molecule has 1 aromatic carbocycles. The molecule has 2 heterocycles. The van der Waals surface area contributed by atoms with Crippen molar-refractivity contribution in [2.45, 2.75) is 48.7 Å². The lowest BCUT2D eigenvalue weighted by atomic mass is 9.98. The molecule has 18 heavy (non-hydrogen) atoms. The number of nitrogens with zero attached hydrogens (tertiary/aromatic N) is 1. The van der Waals surface area contributed by atoms with Crippen LogP contribution in [0.5, 0.6) is 0 Å². The van der Waals surface area contributed by atoms with Crippen molar-refractivity contribution in [2.75, 3.05) is 18.6 Å². The topological polar surface area (TPSA) is 15.3 Å². The van der Waals surface area contributed by atoms with Gasteiger partial charge in [0.05, 0.1) is 0 Å². The highest BCUT2D eigenvalue weighted by Gasteiger charge is 2.38. The van der Waals surface area contributed by atoms with Gasteiger partial charge in [-0.1, -0.05) is 0 Å². The maximum Gasteiger partial charge on any atom is 0.0343 e. The van der Waals surface area contributed by atoms with Crippen molar-refractivity contribution in [3.05, 3.63) is 24.3 Å². The van der Waals surface area contributed by atoms with Gasteiger partial charge in [0.25, 0.3) is 0 Å². The predicted molar refractivity (Wildman–Crippen MR) is 79.4 cm³/mol. The van der Waals surface area contributed by atoms with Crippen LogP contribution in [0.1, 0.15) is 25.7 Å². The molecule has 2 nitrogen and oxygen atoms in total. The first kappa shape index (κ1) is 12.4. The number of rotatable bonds is 3. The SMILES string of the molecule is CSc1ccc(NC2CC3CCC(C2)N3C)cc1. The molecule has 0 spiro atoms. The fourth-order valence-corrected chi connectivity index (χ4v) is 3.86. The van der Waals surface area contributed by atoms with Crippen LogP contribution in [0.15, 0.2) is 29.2 Å². The molecule has 2 unspecified atom stereocenters. The normalized spacial score (nSPS) is 31.6. The van der Waals surface area contributed by atoms with Crippen molar-refractivity contribution < 1.29 is 0 Å². The van der Waals surface area contributed by atoms with Crippen LogP contribution in [-0.2, 0) is 0 Å². The van der Waals surface area contributed by atoms with Gasteiger partial charge in [0.15, 0.2) is 0 Å². The van der Waals surface area contributed by atoms with Crippen LogP contribution in [-0.4, -0.2) is 36.3 Å². The van der Waals surface area contributed by atoms with Crippen LogP contribution in [0.2, 0.25) is 0 Å². The molecule has 2 aliphatic heterocycles. The van der Waals surface area contributed by atoms with E-state index in [-0.39, 0.29) is 0 Å². The molecule has 2 atom stereocenters. The van der Waals surface area contributed by atoms with Crippen molar-refractivity contribution in [3.63, 3.8) is 0 Å². The third kappa shape index (κ3) is 2.39. The van der Waals surface area contributed by atoms with Crippen LogP contribution in [0.25, 0.3) is 0 Å². The zero-order valence-corrected chi connectivity index (χ0v) is 12.0. The van der Waals surface area contributed by atoms with Crippen LogP contribution in [0.4, 0.5) is 5.69 Å². The number of anilines is 1. The molecule has 2 aliphatic rings. The van der Waals surface area contributed by atoms with Crippen molar-refractivity contribution in [3.8, 4) is 0 Å². The molecule has 2 bridgehead atoms. The Labute approximate surface area is 114 Å². The Bertz CT molecular complexity index is 389. The number of hydrogen-bond acceptors (Lipinski definition) is 3. The van der Waals surface area contributed by atoms with Crippen molar-refractivity contribution >= 4 is 17.4 Å². The number of thioether (sulfide) groups is 1. The van der Waals surface area contributed by atoms with Crippen molar-refractivity contribution in [1.82, 2.24) is 4.90 Å². The Morgan fingerprint density at radius 3 is 2.28 bits per heavy atom. The van der Waals surface area contributed by atoms with E-state index in [1.54, 1.807) is 11.8 Å². The summed E-state index contributed by atoms with van der Waals surface area (Å²) in [6.45, 7) is 0. The second-order valence-corrected chi connectivity index (χ2v) is 6.47. The summed E-state index contributed by atoms with van der Waals surface area (Å²) in [6, 6.07) is 11.1. The maximum absolute atomic E-state index is 3.72. The first-order valence-corrected chi connectivity index (χ1v) is 8.11. The van der Waals surface area contributed by atoms with Crippen LogP contribution in [0, 0.1) is 0 Å². The third-order valence-electron chi connectivity index (χ3n) is 4.56. The molecule has 2 fully saturated rings. The average molecular weight is 262 g/mol. The van der Waals surface area contributed by atoms with Crippen LogP contribution >= 0.6 is 11.8 Å². The zero-order chi connectivity index (χ0) is 12.5. The van der Waals surface area contributed by atoms with Gasteiger partial charge in [-0.3, -0.25) is 0 Å². The van der Waals surface area contributed by atoms with E-state index in [9.17, 15) is 0 Å². The monoisotopic (exact) mass is 262 g/mol. The Hall–Kier alpha value is -0.670. The van der Waals surface area contributed by atoms with Crippen LogP contribution in [0.3, 0.4) is 0 Å². The minimum absolute atomic E-state index is 0.666. The molecule has 1 aromatic rings.